The van der Waals surface area contributed by atoms with Crippen molar-refractivity contribution in [2.45, 2.75) is 42.9 Å². The van der Waals surface area contributed by atoms with Crippen LogP contribution in [0.4, 0.5) is 17.6 Å². The van der Waals surface area contributed by atoms with Crippen LogP contribution in [0.5, 0.6) is 0 Å². The molecular formula is C24H25F4N3O5S2. The lowest BCUT2D eigenvalue weighted by atomic mass is 10.1. The molecule has 1 saturated heterocycles. The second kappa shape index (κ2) is 11.8. The summed E-state index contributed by atoms with van der Waals surface area (Å²) in [5.74, 6) is -1.61. The van der Waals surface area contributed by atoms with Gasteiger partial charge in [0.25, 0.3) is 0 Å². The zero-order valence-corrected chi connectivity index (χ0v) is 21.6. The summed E-state index contributed by atoms with van der Waals surface area (Å²) in [7, 11) is -8.14. The molecule has 2 aromatic carbocycles. The molecule has 1 aliphatic heterocycles. The Morgan fingerprint density at radius 2 is 1.76 bits per heavy atom. The minimum Gasteiger partial charge on any atom is -0.352 e. The van der Waals surface area contributed by atoms with E-state index >= 15 is 0 Å². The van der Waals surface area contributed by atoms with Crippen LogP contribution in [-0.4, -0.2) is 46.2 Å². The van der Waals surface area contributed by atoms with Gasteiger partial charge in [-0.3, -0.25) is 4.79 Å². The van der Waals surface area contributed by atoms with Gasteiger partial charge in [-0.15, -0.1) is 5.73 Å². The van der Waals surface area contributed by atoms with Gasteiger partial charge in [-0.1, -0.05) is 24.8 Å². The van der Waals surface area contributed by atoms with Crippen LogP contribution in [0.1, 0.15) is 29.5 Å². The minimum atomic E-state index is -4.47. The van der Waals surface area contributed by atoms with E-state index in [1.54, 1.807) is 0 Å². The molecule has 3 rings (SSSR count). The highest BCUT2D eigenvalue weighted by Crippen LogP contribution is 2.29. The first-order valence-corrected chi connectivity index (χ1v) is 14.3. The molecule has 0 unspecified atom stereocenters. The Morgan fingerprint density at radius 3 is 2.37 bits per heavy atom. The largest absolute Gasteiger partial charge is 0.416 e. The number of alkyl halides is 3. The summed E-state index contributed by atoms with van der Waals surface area (Å²) in [5, 5.41) is 3.24. The van der Waals surface area contributed by atoms with Crippen LogP contribution in [0.2, 0.25) is 0 Å². The maximum Gasteiger partial charge on any atom is 0.416 e. The maximum absolute atomic E-state index is 14.9. The quantitative estimate of drug-likeness (QED) is 0.334. The monoisotopic (exact) mass is 575 g/mol. The molecule has 38 heavy (non-hydrogen) atoms. The average Bonchev–Trinajstić information content (AvgIpc) is 3.31. The lowest BCUT2D eigenvalue weighted by molar-refractivity contribution is -0.137. The molecule has 0 bridgehead atoms. The average molecular weight is 576 g/mol. The van der Waals surface area contributed by atoms with Crippen LogP contribution in [0, 0.1) is 5.82 Å². The summed E-state index contributed by atoms with van der Waals surface area (Å²) < 4.78 is 106. The van der Waals surface area contributed by atoms with Crippen molar-refractivity contribution in [1.29, 1.82) is 0 Å². The fourth-order valence-electron chi connectivity index (χ4n) is 3.94. The van der Waals surface area contributed by atoms with Gasteiger partial charge in [0, 0.05) is 25.7 Å². The van der Waals surface area contributed by atoms with Crippen LogP contribution >= 0.6 is 0 Å². The Hall–Kier alpha value is -3.03. The normalized spacial score (nSPS) is 16.7. The Labute approximate surface area is 218 Å². The summed E-state index contributed by atoms with van der Waals surface area (Å²) in [4.78, 5) is 11.6. The predicted molar refractivity (Wildman–Crippen MR) is 131 cm³/mol. The number of carbonyl (C=O) groups excluding carboxylic acids is 1. The third-order valence-corrected chi connectivity index (χ3v) is 8.83. The smallest absolute Gasteiger partial charge is 0.352 e. The topological polar surface area (TPSA) is 113 Å². The van der Waals surface area contributed by atoms with Gasteiger partial charge >= 0.3 is 6.18 Å². The Balaban J connectivity index is 1.63. The van der Waals surface area contributed by atoms with Crippen LogP contribution in [0.25, 0.3) is 0 Å². The third kappa shape index (κ3) is 7.51. The van der Waals surface area contributed by atoms with E-state index in [2.05, 4.69) is 22.3 Å². The van der Waals surface area contributed by atoms with Crippen molar-refractivity contribution >= 4 is 26.0 Å². The second-order valence-corrected chi connectivity index (χ2v) is 12.0. The fourth-order valence-corrected chi connectivity index (χ4v) is 6.41. The van der Waals surface area contributed by atoms with Gasteiger partial charge in [-0.2, -0.15) is 17.5 Å². The lowest BCUT2D eigenvalue weighted by Crippen LogP contribution is -2.42. The van der Waals surface area contributed by atoms with E-state index in [9.17, 15) is 39.2 Å². The molecule has 1 aliphatic rings. The number of rotatable bonds is 10. The van der Waals surface area contributed by atoms with E-state index in [1.807, 2.05) is 0 Å². The number of amides is 1. The first kappa shape index (κ1) is 29.5. The predicted octanol–water partition coefficient (Wildman–Crippen LogP) is 3.07. The molecular weight excluding hydrogens is 550 g/mol. The van der Waals surface area contributed by atoms with Crippen LogP contribution < -0.4 is 10.0 Å². The molecule has 0 saturated carbocycles. The molecule has 1 heterocycles. The highest BCUT2D eigenvalue weighted by Gasteiger charge is 2.37. The fraction of sp³-hybridized carbons (Fsp3) is 0.333. The third-order valence-electron chi connectivity index (χ3n) is 5.80. The van der Waals surface area contributed by atoms with Crippen molar-refractivity contribution < 1.29 is 39.2 Å². The summed E-state index contributed by atoms with van der Waals surface area (Å²) >= 11 is 0. The molecule has 8 nitrogen and oxygen atoms in total. The molecule has 0 aliphatic carbocycles. The number of halogens is 4. The molecule has 0 spiro atoms. The standard InChI is InChI=1S/C24H25F4N3O5S2/c1-2-12-37(33,34)30-16-20-4-3-11-31(20)38(35,36)22-10-7-18(13-21(22)25)14-23(32)29-15-17-5-8-19(9-6-17)24(26,27)28/h5-10,12-13,20,30H,1,3-4,11,14-16H2,(H,29,32)/t20-/m1/s1. The van der Waals surface area contributed by atoms with Crippen LogP contribution in [-0.2, 0) is 44.0 Å². The van der Waals surface area contributed by atoms with Gasteiger partial charge in [0.1, 0.15) is 10.7 Å². The van der Waals surface area contributed by atoms with Crippen LogP contribution in [0.3, 0.4) is 0 Å². The Morgan fingerprint density at radius 1 is 1.11 bits per heavy atom. The molecule has 2 aromatic rings. The first-order chi connectivity index (χ1) is 17.7. The SMILES string of the molecule is C=C=CS(=O)(=O)NC[C@H]1CCCN1S(=O)(=O)c1ccc(CC(=O)NCc2ccc(C(F)(F)F)cc2)cc1F. The molecule has 1 atom stereocenters. The van der Waals surface area contributed by atoms with E-state index in [0.29, 0.717) is 18.4 Å². The minimum absolute atomic E-state index is 0.0470. The van der Waals surface area contributed by atoms with E-state index in [0.717, 1.165) is 34.0 Å². The van der Waals surface area contributed by atoms with Crippen molar-refractivity contribution in [2.75, 3.05) is 13.1 Å². The summed E-state index contributed by atoms with van der Waals surface area (Å²) in [6, 6.07) is 6.79. The van der Waals surface area contributed by atoms with Gasteiger partial charge in [0.15, 0.2) is 0 Å². The lowest BCUT2D eigenvalue weighted by Gasteiger charge is -2.24. The number of hydrogen-bond acceptors (Lipinski definition) is 5. The second-order valence-electron chi connectivity index (χ2n) is 8.54. The highest BCUT2D eigenvalue weighted by molar-refractivity contribution is 7.92. The number of benzene rings is 2. The van der Waals surface area contributed by atoms with Crippen molar-refractivity contribution in [3.63, 3.8) is 0 Å². The number of nitrogens with one attached hydrogen (secondary N) is 2. The van der Waals surface area contributed by atoms with Crippen molar-refractivity contribution in [3.05, 3.63) is 82.7 Å². The van der Waals surface area contributed by atoms with Crippen molar-refractivity contribution in [3.8, 4) is 0 Å². The molecule has 206 valence electrons. The Kier molecular flexibility index (Phi) is 9.16. The number of hydrogen-bond donors (Lipinski definition) is 2. The highest BCUT2D eigenvalue weighted by atomic mass is 32.2. The Bertz CT molecular complexity index is 1440. The zero-order chi connectivity index (χ0) is 28.1. The van der Waals surface area contributed by atoms with Crippen molar-refractivity contribution in [1.82, 2.24) is 14.3 Å². The molecule has 2 N–H and O–H groups in total. The van der Waals surface area contributed by atoms with E-state index in [1.165, 1.54) is 18.2 Å². The molecule has 1 amide bonds. The summed E-state index contributed by atoms with van der Waals surface area (Å²) in [6.07, 6.45) is -3.93. The summed E-state index contributed by atoms with van der Waals surface area (Å²) in [5.41, 5.74) is 1.93. The van der Waals surface area contributed by atoms with Gasteiger partial charge < -0.3 is 5.32 Å². The number of carbonyl (C=O) groups is 1. The van der Waals surface area contributed by atoms with Gasteiger partial charge in [-0.05, 0) is 48.2 Å². The number of nitrogens with zero attached hydrogens (tertiary/aromatic N) is 1. The van der Waals surface area contributed by atoms with Gasteiger partial charge in [0.05, 0.1) is 17.4 Å². The van der Waals surface area contributed by atoms with Gasteiger partial charge in [-0.25, -0.2) is 25.9 Å². The van der Waals surface area contributed by atoms with Crippen LogP contribution in [0.15, 0.2) is 65.1 Å². The number of sulfonamides is 2. The zero-order valence-electron chi connectivity index (χ0n) is 20.0. The molecule has 0 radical (unpaired) electrons. The summed E-state index contributed by atoms with van der Waals surface area (Å²) in [6.45, 7) is 3.01. The maximum atomic E-state index is 14.9. The van der Waals surface area contributed by atoms with Gasteiger partial charge in [0.2, 0.25) is 26.0 Å². The molecule has 14 heteroatoms. The van der Waals surface area contributed by atoms with Crippen molar-refractivity contribution in [2.24, 2.45) is 0 Å². The first-order valence-electron chi connectivity index (χ1n) is 11.3. The van der Waals surface area contributed by atoms with E-state index in [-0.39, 0.29) is 31.6 Å². The molecule has 0 aromatic heterocycles. The van der Waals surface area contributed by atoms with E-state index < -0.39 is 54.4 Å². The van der Waals surface area contributed by atoms with E-state index in [4.69, 9.17) is 0 Å². The molecule has 1 fully saturated rings.